The molecule has 0 bridgehead atoms. The maximum Gasteiger partial charge on any atom is 0.344 e. The zero-order valence-electron chi connectivity index (χ0n) is 6.65. The Kier molecular flexibility index (Phi) is 1.44. The molecule has 0 aliphatic rings. The van der Waals surface area contributed by atoms with Gasteiger partial charge in [0.05, 0.1) is 4.92 Å². The highest BCUT2D eigenvalue weighted by atomic mass is 16.6. The van der Waals surface area contributed by atoms with Gasteiger partial charge in [0, 0.05) is 0 Å². The van der Waals surface area contributed by atoms with Gasteiger partial charge in [0.25, 0.3) is 5.65 Å². The number of nitrogens with zero attached hydrogens (tertiary/aromatic N) is 6. The fourth-order valence-corrected chi connectivity index (χ4v) is 0.970. The van der Waals surface area contributed by atoms with Gasteiger partial charge >= 0.3 is 5.69 Å². The van der Waals surface area contributed by atoms with Crippen LogP contribution in [0.5, 0.6) is 0 Å². The first-order valence-electron chi connectivity index (χ1n) is 3.39. The van der Waals surface area contributed by atoms with Crippen LogP contribution in [0.3, 0.4) is 0 Å². The summed E-state index contributed by atoms with van der Waals surface area (Å²) in [6.07, 6.45) is 0. The third kappa shape index (κ3) is 0.903. The van der Waals surface area contributed by atoms with Crippen LogP contribution < -0.4 is 11.5 Å². The number of nitrogens with two attached hydrogens (primary N) is 2. The normalized spacial score (nSPS) is 10.6. The number of hydrogen-bond donors (Lipinski definition) is 2. The van der Waals surface area contributed by atoms with Crippen molar-refractivity contribution in [3.63, 3.8) is 0 Å². The van der Waals surface area contributed by atoms with Crippen LogP contribution in [0.1, 0.15) is 0 Å². The lowest BCUT2D eigenvalue weighted by molar-refractivity contribution is -0.382. The van der Waals surface area contributed by atoms with Crippen molar-refractivity contribution in [2.24, 2.45) is 0 Å². The van der Waals surface area contributed by atoms with E-state index in [9.17, 15) is 10.1 Å². The fraction of sp³-hybridized carbons (Fsp3) is 0. The van der Waals surface area contributed by atoms with Crippen molar-refractivity contribution in [1.29, 1.82) is 0 Å². The molecule has 0 aromatic carbocycles. The molecular weight excluding hydrogens is 192 g/mol. The molecule has 0 saturated heterocycles. The minimum atomic E-state index is -0.709. The Hall–Kier alpha value is -2.52. The van der Waals surface area contributed by atoms with Crippen molar-refractivity contribution < 1.29 is 4.92 Å². The monoisotopic (exact) mass is 196 g/mol. The molecule has 14 heavy (non-hydrogen) atoms. The molecule has 0 atom stereocenters. The van der Waals surface area contributed by atoms with Gasteiger partial charge in [-0.1, -0.05) is 5.10 Å². The Balaban J connectivity index is 2.93. The summed E-state index contributed by atoms with van der Waals surface area (Å²) in [7, 11) is 0. The molecular formula is C4H4N8O2. The molecule has 0 radical (unpaired) electrons. The van der Waals surface area contributed by atoms with Gasteiger partial charge in [0.15, 0.2) is 11.5 Å². The Morgan fingerprint density at radius 1 is 1.43 bits per heavy atom. The fourth-order valence-electron chi connectivity index (χ4n) is 0.970. The largest absolute Gasteiger partial charge is 0.390 e. The molecule has 72 valence electrons. The molecule has 10 heteroatoms. The number of hydrogen-bond acceptors (Lipinski definition) is 8. The van der Waals surface area contributed by atoms with E-state index < -0.39 is 10.6 Å². The second-order valence-electron chi connectivity index (χ2n) is 2.40. The highest BCUT2D eigenvalue weighted by Gasteiger charge is 2.23. The van der Waals surface area contributed by atoms with Gasteiger partial charge in [-0.25, -0.2) is 0 Å². The molecule has 0 aliphatic carbocycles. The van der Waals surface area contributed by atoms with Crippen LogP contribution in [-0.2, 0) is 0 Å². The first-order valence-corrected chi connectivity index (χ1v) is 3.39. The minimum Gasteiger partial charge on any atom is -0.390 e. The van der Waals surface area contributed by atoms with Gasteiger partial charge in [-0.2, -0.15) is 0 Å². The van der Waals surface area contributed by atoms with E-state index in [1.807, 2.05) is 0 Å². The first-order chi connectivity index (χ1) is 6.61. The van der Waals surface area contributed by atoms with E-state index in [-0.39, 0.29) is 17.2 Å². The molecule has 2 rings (SSSR count). The van der Waals surface area contributed by atoms with Gasteiger partial charge in [0.2, 0.25) is 0 Å². The van der Waals surface area contributed by atoms with Crippen molar-refractivity contribution in [1.82, 2.24) is 25.3 Å². The number of nitrogen functional groups attached to an aromatic ring is 2. The summed E-state index contributed by atoms with van der Waals surface area (Å²) in [4.78, 5) is 9.91. The van der Waals surface area contributed by atoms with Gasteiger partial charge in [0.1, 0.15) is 0 Å². The predicted octanol–water partition coefficient (Wildman–Crippen LogP) is -1.41. The number of rotatable bonds is 1. The zero-order chi connectivity index (χ0) is 10.3. The Labute approximate surface area is 75.6 Å². The van der Waals surface area contributed by atoms with Crippen LogP contribution in [0.15, 0.2) is 0 Å². The van der Waals surface area contributed by atoms with Gasteiger partial charge in [-0.15, -0.1) is 9.73 Å². The summed E-state index contributed by atoms with van der Waals surface area (Å²) >= 11 is 0. The van der Waals surface area contributed by atoms with Gasteiger partial charge in [-0.3, -0.25) is 10.1 Å². The molecule has 0 amide bonds. The van der Waals surface area contributed by atoms with Crippen molar-refractivity contribution in [3.05, 3.63) is 10.1 Å². The minimum absolute atomic E-state index is 0.137. The summed E-state index contributed by atoms with van der Waals surface area (Å²) in [6, 6.07) is 0. The molecule has 0 fully saturated rings. The van der Waals surface area contributed by atoms with E-state index in [0.29, 0.717) is 0 Å². The first kappa shape index (κ1) is 8.10. The lowest BCUT2D eigenvalue weighted by Gasteiger charge is -1.99. The highest BCUT2D eigenvalue weighted by Crippen LogP contribution is 2.27. The van der Waals surface area contributed by atoms with Crippen molar-refractivity contribution >= 4 is 22.8 Å². The van der Waals surface area contributed by atoms with Crippen molar-refractivity contribution in [2.45, 2.75) is 0 Å². The van der Waals surface area contributed by atoms with Crippen LogP contribution in [0, 0.1) is 10.1 Å². The average molecular weight is 196 g/mol. The molecule has 4 N–H and O–H groups in total. The molecule has 0 saturated carbocycles. The van der Waals surface area contributed by atoms with E-state index in [4.69, 9.17) is 11.5 Å². The van der Waals surface area contributed by atoms with Gasteiger partial charge < -0.3 is 11.5 Å². The number of tetrazole rings is 1. The summed E-state index contributed by atoms with van der Waals surface area (Å²) in [5, 5.41) is 24.2. The number of nitro groups is 1. The van der Waals surface area contributed by atoms with E-state index in [1.54, 1.807) is 0 Å². The van der Waals surface area contributed by atoms with Crippen LogP contribution in [0.4, 0.5) is 17.2 Å². The molecule has 0 aliphatic heterocycles. The molecule has 2 aromatic rings. The van der Waals surface area contributed by atoms with Crippen molar-refractivity contribution in [3.8, 4) is 0 Å². The average Bonchev–Trinajstić information content (AvgIpc) is 2.52. The summed E-state index contributed by atoms with van der Waals surface area (Å²) in [6.45, 7) is 0. The van der Waals surface area contributed by atoms with E-state index in [2.05, 4.69) is 20.6 Å². The lowest BCUT2D eigenvalue weighted by atomic mass is 10.4. The van der Waals surface area contributed by atoms with E-state index in [1.165, 1.54) is 0 Å². The van der Waals surface area contributed by atoms with Crippen LogP contribution >= 0.6 is 0 Å². The number of fused-ring (bicyclic) bond motifs is 1. The number of anilines is 2. The Morgan fingerprint density at radius 3 is 2.79 bits per heavy atom. The molecule has 10 nitrogen and oxygen atoms in total. The molecule has 2 heterocycles. The standard InChI is InChI=1S/C4H4N8O2/c5-1-2(12(13)14)4-7-9-10-11(4)8-3(1)6/h5H2,(H2,6,8). The SMILES string of the molecule is Nc1nn2nnnc2c([N+](=O)[O-])c1N. The molecule has 0 spiro atoms. The van der Waals surface area contributed by atoms with Crippen LogP contribution in [0.25, 0.3) is 5.65 Å². The maximum atomic E-state index is 10.6. The zero-order valence-corrected chi connectivity index (χ0v) is 6.65. The van der Waals surface area contributed by atoms with E-state index >= 15 is 0 Å². The molecule has 0 unspecified atom stereocenters. The molecule has 2 aromatic heterocycles. The Bertz CT molecular complexity index is 517. The summed E-state index contributed by atoms with van der Waals surface area (Å²) in [5.41, 5.74) is 9.88. The number of aromatic nitrogens is 5. The van der Waals surface area contributed by atoms with E-state index in [0.717, 1.165) is 4.63 Å². The van der Waals surface area contributed by atoms with Gasteiger partial charge in [-0.05, 0) is 10.4 Å². The third-order valence-electron chi connectivity index (χ3n) is 1.58. The summed E-state index contributed by atoms with van der Waals surface area (Å²) < 4.78 is 0.851. The van der Waals surface area contributed by atoms with Crippen molar-refractivity contribution in [2.75, 3.05) is 11.5 Å². The Morgan fingerprint density at radius 2 is 2.14 bits per heavy atom. The quantitative estimate of drug-likeness (QED) is 0.416. The predicted molar refractivity (Wildman–Crippen MR) is 44.1 cm³/mol. The topological polar surface area (TPSA) is 151 Å². The second kappa shape index (κ2) is 2.48. The highest BCUT2D eigenvalue weighted by molar-refractivity contribution is 5.79. The smallest absolute Gasteiger partial charge is 0.344 e. The third-order valence-corrected chi connectivity index (χ3v) is 1.58. The lowest BCUT2D eigenvalue weighted by Crippen LogP contribution is -2.08. The maximum absolute atomic E-state index is 10.6. The van der Waals surface area contributed by atoms with Crippen LogP contribution in [0.2, 0.25) is 0 Å². The second-order valence-corrected chi connectivity index (χ2v) is 2.40. The summed E-state index contributed by atoms with van der Waals surface area (Å²) in [5.74, 6) is -0.184. The van der Waals surface area contributed by atoms with Crippen LogP contribution in [-0.4, -0.2) is 30.2 Å².